The van der Waals surface area contributed by atoms with Crippen molar-refractivity contribution in [2.24, 2.45) is 0 Å². The number of hydrogen-bond donors (Lipinski definition) is 1. The lowest BCUT2D eigenvalue weighted by molar-refractivity contribution is 0.413. The van der Waals surface area contributed by atoms with Crippen LogP contribution in [0.1, 0.15) is 13.3 Å². The van der Waals surface area contributed by atoms with E-state index in [0.29, 0.717) is 5.25 Å². The van der Waals surface area contributed by atoms with Crippen LogP contribution < -0.4 is 10.1 Å². The third kappa shape index (κ3) is 1.82. The van der Waals surface area contributed by atoms with Crippen molar-refractivity contribution in [1.29, 1.82) is 0 Å². The molecule has 1 aromatic carbocycles. The number of nitrogens with one attached hydrogen (secondary N) is 1. The molecular weight excluding hydrogens is 194 g/mol. The fraction of sp³-hybridized carbons (Fsp3) is 0.455. The van der Waals surface area contributed by atoms with E-state index < -0.39 is 0 Å². The molecule has 1 N–H and O–H groups in total. The average molecular weight is 209 g/mol. The Morgan fingerprint density at radius 1 is 1.57 bits per heavy atom. The molecule has 3 heteroatoms. The minimum absolute atomic E-state index is 0.689. The van der Waals surface area contributed by atoms with E-state index in [1.165, 1.54) is 17.0 Å². The summed E-state index contributed by atoms with van der Waals surface area (Å²) in [5, 5.41) is 4.13. The molecule has 0 amide bonds. The molecule has 1 aliphatic rings. The van der Waals surface area contributed by atoms with Gasteiger partial charge in [-0.15, -0.1) is 11.8 Å². The first-order valence-corrected chi connectivity index (χ1v) is 5.80. The van der Waals surface area contributed by atoms with E-state index in [4.69, 9.17) is 4.74 Å². The maximum atomic E-state index is 5.21. The molecule has 1 heterocycles. The molecule has 0 spiro atoms. The van der Waals surface area contributed by atoms with Crippen LogP contribution in [0.3, 0.4) is 0 Å². The Labute approximate surface area is 89.0 Å². The smallest absolute Gasteiger partial charge is 0.120 e. The van der Waals surface area contributed by atoms with Gasteiger partial charge in [-0.3, -0.25) is 0 Å². The molecule has 0 fully saturated rings. The second kappa shape index (κ2) is 4.13. The van der Waals surface area contributed by atoms with E-state index in [0.717, 1.165) is 12.3 Å². The highest BCUT2D eigenvalue weighted by Crippen LogP contribution is 2.38. The van der Waals surface area contributed by atoms with Crippen LogP contribution in [0.15, 0.2) is 23.1 Å². The Kier molecular flexibility index (Phi) is 2.87. The van der Waals surface area contributed by atoms with Crippen molar-refractivity contribution in [2.75, 3.05) is 19.0 Å². The summed E-state index contributed by atoms with van der Waals surface area (Å²) in [6.45, 7) is 3.30. The van der Waals surface area contributed by atoms with Gasteiger partial charge in [0.15, 0.2) is 0 Å². The second-order valence-corrected chi connectivity index (χ2v) is 4.73. The molecule has 2 rings (SSSR count). The highest BCUT2D eigenvalue weighted by molar-refractivity contribution is 8.00. The summed E-state index contributed by atoms with van der Waals surface area (Å²) in [6.07, 6.45) is 1.20. The van der Waals surface area contributed by atoms with Gasteiger partial charge in [-0.1, -0.05) is 6.92 Å². The lowest BCUT2D eigenvalue weighted by Gasteiger charge is -2.24. The van der Waals surface area contributed by atoms with Gasteiger partial charge in [0.2, 0.25) is 0 Å². The molecule has 0 aromatic heterocycles. The quantitative estimate of drug-likeness (QED) is 0.809. The molecule has 1 aliphatic heterocycles. The van der Waals surface area contributed by atoms with Gasteiger partial charge < -0.3 is 10.1 Å². The minimum Gasteiger partial charge on any atom is -0.497 e. The zero-order chi connectivity index (χ0) is 9.97. The first-order valence-electron chi connectivity index (χ1n) is 4.92. The number of benzene rings is 1. The largest absolute Gasteiger partial charge is 0.497 e. The van der Waals surface area contributed by atoms with Gasteiger partial charge in [0.05, 0.1) is 7.11 Å². The SMILES string of the molecule is CCC1CNc2ccc(OC)cc2S1. The summed E-state index contributed by atoms with van der Waals surface area (Å²) in [5.41, 5.74) is 1.24. The zero-order valence-corrected chi connectivity index (χ0v) is 9.36. The third-order valence-corrected chi connectivity index (χ3v) is 3.88. The summed E-state index contributed by atoms with van der Waals surface area (Å²) in [5.74, 6) is 0.940. The van der Waals surface area contributed by atoms with Crippen molar-refractivity contribution in [2.45, 2.75) is 23.5 Å². The topological polar surface area (TPSA) is 21.3 Å². The fourth-order valence-corrected chi connectivity index (χ4v) is 2.69. The molecule has 1 atom stereocenters. The van der Waals surface area contributed by atoms with Gasteiger partial charge in [0.1, 0.15) is 5.75 Å². The summed E-state index contributed by atoms with van der Waals surface area (Å²) in [7, 11) is 1.71. The van der Waals surface area contributed by atoms with Gasteiger partial charge in [-0.2, -0.15) is 0 Å². The highest BCUT2D eigenvalue weighted by Gasteiger charge is 2.17. The van der Waals surface area contributed by atoms with E-state index in [2.05, 4.69) is 24.4 Å². The molecule has 0 bridgehead atoms. The Bertz CT molecular complexity index is 327. The van der Waals surface area contributed by atoms with Gasteiger partial charge in [0.25, 0.3) is 0 Å². The standard InChI is InChI=1S/C11H15NOS/c1-3-9-7-12-10-5-4-8(13-2)6-11(10)14-9/h4-6,9,12H,3,7H2,1-2H3. The molecule has 1 aromatic rings. The summed E-state index contributed by atoms with van der Waals surface area (Å²) in [6, 6.07) is 6.19. The summed E-state index contributed by atoms with van der Waals surface area (Å²) in [4.78, 5) is 1.31. The molecule has 14 heavy (non-hydrogen) atoms. The molecule has 0 aliphatic carbocycles. The molecule has 0 saturated heterocycles. The van der Waals surface area contributed by atoms with E-state index >= 15 is 0 Å². The molecule has 76 valence electrons. The lowest BCUT2D eigenvalue weighted by Crippen LogP contribution is -2.20. The molecule has 0 radical (unpaired) electrons. The number of methoxy groups -OCH3 is 1. The van der Waals surface area contributed by atoms with Crippen LogP contribution in [0.5, 0.6) is 5.75 Å². The number of thioether (sulfide) groups is 1. The van der Waals surface area contributed by atoms with Crippen LogP contribution in [-0.2, 0) is 0 Å². The Balaban J connectivity index is 2.25. The summed E-state index contributed by atoms with van der Waals surface area (Å²) >= 11 is 1.94. The van der Waals surface area contributed by atoms with E-state index in [9.17, 15) is 0 Å². The average Bonchev–Trinajstić information content (AvgIpc) is 2.27. The van der Waals surface area contributed by atoms with Crippen molar-refractivity contribution >= 4 is 17.4 Å². The van der Waals surface area contributed by atoms with Gasteiger partial charge in [-0.05, 0) is 24.6 Å². The number of fused-ring (bicyclic) bond motifs is 1. The maximum Gasteiger partial charge on any atom is 0.120 e. The molecular formula is C11H15NOS. The molecule has 2 nitrogen and oxygen atoms in total. The lowest BCUT2D eigenvalue weighted by atomic mass is 10.2. The third-order valence-electron chi connectivity index (χ3n) is 2.46. The van der Waals surface area contributed by atoms with Gasteiger partial charge >= 0.3 is 0 Å². The fourth-order valence-electron chi connectivity index (χ4n) is 1.55. The van der Waals surface area contributed by atoms with Gasteiger partial charge in [-0.25, -0.2) is 0 Å². The van der Waals surface area contributed by atoms with E-state index in [1.54, 1.807) is 7.11 Å². The molecule has 1 unspecified atom stereocenters. The predicted octanol–water partition coefficient (Wildman–Crippen LogP) is 2.99. The Morgan fingerprint density at radius 3 is 3.14 bits per heavy atom. The van der Waals surface area contributed by atoms with Crippen LogP contribution in [0, 0.1) is 0 Å². The maximum absolute atomic E-state index is 5.21. The first kappa shape index (κ1) is 9.71. The van der Waals surface area contributed by atoms with Crippen molar-refractivity contribution in [1.82, 2.24) is 0 Å². The van der Waals surface area contributed by atoms with Gasteiger partial charge in [0, 0.05) is 22.4 Å². The predicted molar refractivity (Wildman–Crippen MR) is 61.4 cm³/mol. The zero-order valence-electron chi connectivity index (χ0n) is 8.54. The van der Waals surface area contributed by atoms with Crippen LogP contribution in [0.2, 0.25) is 0 Å². The Morgan fingerprint density at radius 2 is 2.43 bits per heavy atom. The van der Waals surface area contributed by atoms with Crippen LogP contribution in [0.25, 0.3) is 0 Å². The second-order valence-electron chi connectivity index (χ2n) is 3.39. The Hall–Kier alpha value is -0.830. The van der Waals surface area contributed by atoms with Crippen molar-refractivity contribution in [3.63, 3.8) is 0 Å². The van der Waals surface area contributed by atoms with Crippen molar-refractivity contribution in [3.05, 3.63) is 18.2 Å². The number of anilines is 1. The van der Waals surface area contributed by atoms with Crippen LogP contribution >= 0.6 is 11.8 Å². The van der Waals surface area contributed by atoms with E-state index in [1.807, 2.05) is 17.8 Å². The van der Waals surface area contributed by atoms with E-state index in [-0.39, 0.29) is 0 Å². The number of rotatable bonds is 2. The minimum atomic E-state index is 0.689. The van der Waals surface area contributed by atoms with Crippen LogP contribution in [-0.4, -0.2) is 18.9 Å². The normalized spacial score (nSPS) is 19.7. The highest BCUT2D eigenvalue weighted by atomic mass is 32.2. The first-order chi connectivity index (χ1) is 6.83. The molecule has 0 saturated carbocycles. The van der Waals surface area contributed by atoms with Crippen LogP contribution in [0.4, 0.5) is 5.69 Å². The number of ether oxygens (including phenoxy) is 1. The summed E-state index contributed by atoms with van der Waals surface area (Å²) < 4.78 is 5.21. The van der Waals surface area contributed by atoms with Crippen molar-refractivity contribution in [3.8, 4) is 5.75 Å². The van der Waals surface area contributed by atoms with Crippen molar-refractivity contribution < 1.29 is 4.74 Å². The number of hydrogen-bond acceptors (Lipinski definition) is 3. The monoisotopic (exact) mass is 209 g/mol.